The Hall–Kier alpha value is -2.16. The number of benzene rings is 1. The Labute approximate surface area is 177 Å². The number of thiophene rings is 1. The van der Waals surface area contributed by atoms with Crippen LogP contribution in [0, 0.1) is 0 Å². The highest BCUT2D eigenvalue weighted by Gasteiger charge is 2.31. The molecule has 146 valence electrons. The summed E-state index contributed by atoms with van der Waals surface area (Å²) in [6, 6.07) is 10.3. The number of rotatable bonds is 8. The van der Waals surface area contributed by atoms with Crippen molar-refractivity contribution < 1.29 is 14.7 Å². The molecular weight excluding hydrogens is 412 g/mol. The maximum Gasteiger partial charge on any atom is 0.266 e. The van der Waals surface area contributed by atoms with Gasteiger partial charge in [0.25, 0.3) is 5.91 Å². The number of amides is 2. The summed E-state index contributed by atoms with van der Waals surface area (Å²) in [4.78, 5) is 27.8. The fraction of sp³-hybridized carbons (Fsp3) is 0.250. The number of nitrogens with zero attached hydrogens (tertiary/aromatic N) is 1. The predicted octanol–water partition coefficient (Wildman–Crippen LogP) is 4.85. The van der Waals surface area contributed by atoms with Crippen LogP contribution in [0.4, 0.5) is 5.69 Å². The van der Waals surface area contributed by atoms with E-state index in [-0.39, 0.29) is 17.6 Å². The summed E-state index contributed by atoms with van der Waals surface area (Å²) in [5, 5.41) is 14.0. The monoisotopic (exact) mass is 432 g/mol. The molecule has 1 saturated heterocycles. The molecule has 1 aromatic heterocycles. The third-order valence-electron chi connectivity index (χ3n) is 4.13. The van der Waals surface area contributed by atoms with Gasteiger partial charge in [-0.05, 0) is 54.6 Å². The summed E-state index contributed by atoms with van der Waals surface area (Å²) in [5.41, 5.74) is 0.665. The SMILES string of the molecule is O=C(CCCCCN1C(=O)/C(=C\c2cccs2)SC1=S)Nc1ccc(O)cc1. The van der Waals surface area contributed by atoms with E-state index in [2.05, 4.69) is 5.32 Å². The fourth-order valence-electron chi connectivity index (χ4n) is 2.70. The topological polar surface area (TPSA) is 69.6 Å². The number of nitrogens with one attached hydrogen (secondary N) is 1. The van der Waals surface area contributed by atoms with Crippen molar-refractivity contribution in [2.45, 2.75) is 25.7 Å². The van der Waals surface area contributed by atoms with Crippen molar-refractivity contribution in [3.05, 3.63) is 51.6 Å². The van der Waals surface area contributed by atoms with Gasteiger partial charge in [-0.1, -0.05) is 36.5 Å². The van der Waals surface area contributed by atoms with Crippen LogP contribution in [0.5, 0.6) is 5.75 Å². The number of thioether (sulfide) groups is 1. The largest absolute Gasteiger partial charge is 0.508 e. The maximum absolute atomic E-state index is 12.5. The molecule has 28 heavy (non-hydrogen) atoms. The highest BCUT2D eigenvalue weighted by Crippen LogP contribution is 2.33. The smallest absolute Gasteiger partial charge is 0.266 e. The second-order valence-corrected chi connectivity index (χ2v) is 8.91. The molecule has 2 amide bonds. The van der Waals surface area contributed by atoms with Crippen molar-refractivity contribution in [1.82, 2.24) is 4.90 Å². The molecule has 0 spiro atoms. The minimum atomic E-state index is -0.0600. The summed E-state index contributed by atoms with van der Waals surface area (Å²) in [6.07, 6.45) is 4.67. The number of unbranched alkanes of at least 4 members (excludes halogenated alkanes) is 2. The van der Waals surface area contributed by atoms with Crippen molar-refractivity contribution in [2.75, 3.05) is 11.9 Å². The third-order valence-corrected chi connectivity index (χ3v) is 6.32. The highest BCUT2D eigenvalue weighted by atomic mass is 32.2. The Morgan fingerprint density at radius 1 is 1.18 bits per heavy atom. The molecule has 1 aliphatic heterocycles. The minimum absolute atomic E-state index is 0.0338. The molecule has 0 unspecified atom stereocenters. The molecular formula is C20H20N2O3S3. The molecule has 1 aliphatic rings. The molecule has 8 heteroatoms. The van der Waals surface area contributed by atoms with E-state index in [0.717, 1.165) is 24.1 Å². The maximum atomic E-state index is 12.5. The lowest BCUT2D eigenvalue weighted by molar-refractivity contribution is -0.122. The molecule has 0 bridgehead atoms. The number of hydrogen-bond acceptors (Lipinski definition) is 6. The van der Waals surface area contributed by atoms with E-state index >= 15 is 0 Å². The van der Waals surface area contributed by atoms with E-state index in [4.69, 9.17) is 12.2 Å². The number of aromatic hydroxyl groups is 1. The Morgan fingerprint density at radius 3 is 2.68 bits per heavy atom. The molecule has 1 fully saturated rings. The van der Waals surface area contributed by atoms with E-state index in [0.29, 0.717) is 27.9 Å². The molecule has 0 saturated carbocycles. The van der Waals surface area contributed by atoms with Gasteiger partial charge in [-0.2, -0.15) is 0 Å². The van der Waals surface area contributed by atoms with Gasteiger partial charge in [0.05, 0.1) is 4.91 Å². The summed E-state index contributed by atoms with van der Waals surface area (Å²) in [5.74, 6) is 0.0718. The van der Waals surface area contributed by atoms with Gasteiger partial charge in [-0.3, -0.25) is 14.5 Å². The normalized spacial score (nSPS) is 15.4. The summed E-state index contributed by atoms with van der Waals surface area (Å²) >= 11 is 8.27. The molecule has 1 aromatic carbocycles. The van der Waals surface area contributed by atoms with Gasteiger partial charge in [0.15, 0.2) is 0 Å². The van der Waals surface area contributed by atoms with E-state index in [1.54, 1.807) is 28.4 Å². The Bertz CT molecular complexity index is 877. The van der Waals surface area contributed by atoms with Crippen molar-refractivity contribution in [3.63, 3.8) is 0 Å². The zero-order chi connectivity index (χ0) is 19.9. The number of phenols is 1. The quantitative estimate of drug-likeness (QED) is 0.270. The number of phenolic OH excluding ortho intramolecular Hbond substituents is 1. The number of carbonyl (C=O) groups is 2. The van der Waals surface area contributed by atoms with E-state index in [1.165, 1.54) is 23.9 Å². The van der Waals surface area contributed by atoms with Crippen molar-refractivity contribution in [3.8, 4) is 5.75 Å². The van der Waals surface area contributed by atoms with Crippen molar-refractivity contribution in [2.24, 2.45) is 0 Å². The molecule has 0 atom stereocenters. The van der Waals surface area contributed by atoms with Crippen molar-refractivity contribution in [1.29, 1.82) is 0 Å². The summed E-state index contributed by atoms with van der Waals surface area (Å²) < 4.78 is 0.595. The molecule has 3 rings (SSSR count). The van der Waals surface area contributed by atoms with Crippen LogP contribution in [0.2, 0.25) is 0 Å². The van der Waals surface area contributed by atoms with Gasteiger partial charge in [0, 0.05) is 23.5 Å². The van der Waals surface area contributed by atoms with Gasteiger partial charge in [0.1, 0.15) is 10.1 Å². The molecule has 2 aromatic rings. The lowest BCUT2D eigenvalue weighted by Gasteiger charge is -2.14. The van der Waals surface area contributed by atoms with Gasteiger partial charge in [-0.25, -0.2) is 0 Å². The molecule has 2 N–H and O–H groups in total. The van der Waals surface area contributed by atoms with Crippen molar-refractivity contribution >= 4 is 63.2 Å². The number of thiocarbonyl (C=S) groups is 1. The zero-order valence-corrected chi connectivity index (χ0v) is 17.5. The number of hydrogen-bond donors (Lipinski definition) is 2. The summed E-state index contributed by atoms with van der Waals surface area (Å²) in [6.45, 7) is 0.575. The minimum Gasteiger partial charge on any atom is -0.508 e. The Morgan fingerprint density at radius 2 is 1.96 bits per heavy atom. The van der Waals surface area contributed by atoms with Crippen LogP contribution in [0.25, 0.3) is 6.08 Å². The first-order chi connectivity index (χ1) is 13.5. The van der Waals surface area contributed by atoms with Crippen LogP contribution in [0.3, 0.4) is 0 Å². The van der Waals surface area contributed by atoms with Gasteiger partial charge < -0.3 is 10.4 Å². The zero-order valence-electron chi connectivity index (χ0n) is 15.1. The molecule has 2 heterocycles. The number of anilines is 1. The van der Waals surface area contributed by atoms with Crippen LogP contribution in [-0.2, 0) is 9.59 Å². The van der Waals surface area contributed by atoms with Gasteiger partial charge in [0.2, 0.25) is 5.91 Å². The highest BCUT2D eigenvalue weighted by molar-refractivity contribution is 8.26. The van der Waals surface area contributed by atoms with Gasteiger partial charge >= 0.3 is 0 Å². The van der Waals surface area contributed by atoms with Gasteiger partial charge in [-0.15, -0.1) is 11.3 Å². The van der Waals surface area contributed by atoms with Crippen LogP contribution >= 0.6 is 35.3 Å². The second-order valence-electron chi connectivity index (χ2n) is 6.25. The van der Waals surface area contributed by atoms with Crippen LogP contribution in [0.1, 0.15) is 30.6 Å². The molecule has 0 radical (unpaired) electrons. The predicted molar refractivity (Wildman–Crippen MR) is 119 cm³/mol. The first-order valence-electron chi connectivity index (χ1n) is 8.91. The first kappa shape index (κ1) is 20.6. The lowest BCUT2D eigenvalue weighted by atomic mass is 10.1. The average Bonchev–Trinajstić information content (AvgIpc) is 3.27. The Balaban J connectivity index is 1.38. The first-order valence-corrected chi connectivity index (χ1v) is 11.0. The lowest BCUT2D eigenvalue weighted by Crippen LogP contribution is -2.29. The van der Waals surface area contributed by atoms with Crippen LogP contribution < -0.4 is 5.32 Å². The van der Waals surface area contributed by atoms with Crippen LogP contribution in [0.15, 0.2) is 46.7 Å². The Kier molecular flexibility index (Phi) is 7.24. The van der Waals surface area contributed by atoms with E-state index in [1.807, 2.05) is 23.6 Å². The average molecular weight is 433 g/mol. The third kappa shape index (κ3) is 5.67. The second kappa shape index (κ2) is 9.86. The van der Waals surface area contributed by atoms with E-state index < -0.39 is 0 Å². The molecule has 0 aliphatic carbocycles. The summed E-state index contributed by atoms with van der Waals surface area (Å²) in [7, 11) is 0. The standard InChI is InChI=1S/C20H20N2O3S3/c23-15-9-7-14(8-10-15)21-18(24)6-2-1-3-11-22-19(25)17(28-20(22)26)13-16-5-4-12-27-16/h4-5,7-10,12-13,23H,1-3,6,11H2,(H,21,24)/b17-13+. The molecule has 5 nitrogen and oxygen atoms in total. The van der Waals surface area contributed by atoms with E-state index in [9.17, 15) is 14.7 Å². The fourth-order valence-corrected chi connectivity index (χ4v) is 4.73. The number of carbonyl (C=O) groups excluding carboxylic acids is 2. The van der Waals surface area contributed by atoms with Crippen LogP contribution in [-0.4, -0.2) is 32.7 Å².